The summed E-state index contributed by atoms with van der Waals surface area (Å²) < 4.78 is 32.0. The van der Waals surface area contributed by atoms with Gasteiger partial charge in [0.05, 0.1) is 26.9 Å². The second-order valence-electron chi connectivity index (χ2n) is 7.83. The fourth-order valence-corrected chi connectivity index (χ4v) is 3.61. The van der Waals surface area contributed by atoms with Gasteiger partial charge in [0.15, 0.2) is 17.8 Å². The van der Waals surface area contributed by atoms with Crippen LogP contribution in [0.5, 0.6) is 23.0 Å². The molecular weight excluding hydrogens is 448 g/mol. The highest BCUT2D eigenvalue weighted by molar-refractivity contribution is 5.55. The number of aliphatic hydroxyl groups is 6. The van der Waals surface area contributed by atoms with Crippen LogP contribution in [0, 0.1) is 0 Å². The molecule has 0 spiro atoms. The lowest BCUT2D eigenvalue weighted by Gasteiger charge is -2.42. The highest BCUT2D eigenvalue weighted by Gasteiger charge is 2.47. The molecule has 2 saturated heterocycles. The molecule has 2 aliphatic rings. The first-order valence-corrected chi connectivity index (χ1v) is 10.2. The molecule has 0 amide bonds. The first-order valence-electron chi connectivity index (χ1n) is 10.2. The number of ether oxygens (including phenoxy) is 6. The predicted octanol–water partition coefficient (Wildman–Crippen LogP) is -2.56. The Morgan fingerprint density at radius 3 is 2.06 bits per heavy atom. The molecule has 2 heterocycles. The first-order chi connectivity index (χ1) is 15.6. The Hall–Kier alpha value is -1.94. The van der Waals surface area contributed by atoms with Crippen LogP contribution in [-0.4, -0.2) is 118 Å². The number of aliphatic hydroxyl groups excluding tert-OH is 6. The highest BCUT2D eigenvalue weighted by Crippen LogP contribution is 2.41. The van der Waals surface area contributed by atoms with Gasteiger partial charge in [0, 0.05) is 12.1 Å². The Balaban J connectivity index is 1.69. The summed E-state index contributed by atoms with van der Waals surface area (Å²) in [6, 6.07) is 2.54. The number of benzene rings is 1. The minimum absolute atomic E-state index is 0.00873. The van der Waals surface area contributed by atoms with Crippen LogP contribution in [0.3, 0.4) is 0 Å². The Labute approximate surface area is 189 Å². The van der Waals surface area contributed by atoms with Crippen LogP contribution in [0.25, 0.3) is 0 Å². The number of methoxy groups -OCH3 is 2. The summed E-state index contributed by atoms with van der Waals surface area (Å²) >= 11 is 0. The molecule has 10 unspecified atom stereocenters. The van der Waals surface area contributed by atoms with Crippen molar-refractivity contribution in [2.24, 2.45) is 0 Å². The SMILES string of the molecule is COc1cc(OC2OC(COC3OC(C)C(O)C(O)C3O)C(O)C(O)C2O)cc(O)c1OC. The molecule has 1 aromatic rings. The second-order valence-corrected chi connectivity index (χ2v) is 7.83. The van der Waals surface area contributed by atoms with Gasteiger partial charge < -0.3 is 64.2 Å². The van der Waals surface area contributed by atoms with Gasteiger partial charge in [-0.3, -0.25) is 0 Å². The largest absolute Gasteiger partial charge is 0.504 e. The molecular formula is C20H30O13. The van der Waals surface area contributed by atoms with Gasteiger partial charge in [-0.25, -0.2) is 0 Å². The minimum Gasteiger partial charge on any atom is -0.504 e. The van der Waals surface area contributed by atoms with E-state index in [2.05, 4.69) is 0 Å². The second kappa shape index (κ2) is 10.5. The summed E-state index contributed by atoms with van der Waals surface area (Å²) in [5.74, 6) is -0.105. The summed E-state index contributed by atoms with van der Waals surface area (Å²) in [6.45, 7) is 1.05. The molecule has 0 saturated carbocycles. The quantitative estimate of drug-likeness (QED) is 0.216. The van der Waals surface area contributed by atoms with E-state index in [1.807, 2.05) is 0 Å². The summed E-state index contributed by atoms with van der Waals surface area (Å²) in [6.07, 6.45) is -14.3. The lowest BCUT2D eigenvalue weighted by molar-refractivity contribution is -0.318. The number of phenols is 1. The minimum atomic E-state index is -1.69. The Morgan fingerprint density at radius 1 is 0.788 bits per heavy atom. The summed E-state index contributed by atoms with van der Waals surface area (Å²) in [5, 5.41) is 70.6. The molecule has 10 atom stereocenters. The maximum atomic E-state index is 10.3. The van der Waals surface area contributed by atoms with Gasteiger partial charge in [-0.1, -0.05) is 0 Å². The number of rotatable bonds is 7. The van der Waals surface area contributed by atoms with Crippen LogP contribution < -0.4 is 14.2 Å². The Bertz CT molecular complexity index is 791. The molecule has 2 fully saturated rings. The summed E-state index contributed by atoms with van der Waals surface area (Å²) in [7, 11) is 2.68. The topological polar surface area (TPSA) is 197 Å². The van der Waals surface area contributed by atoms with Crippen molar-refractivity contribution in [1.82, 2.24) is 0 Å². The fraction of sp³-hybridized carbons (Fsp3) is 0.700. The molecule has 0 bridgehead atoms. The van der Waals surface area contributed by atoms with E-state index in [4.69, 9.17) is 28.4 Å². The van der Waals surface area contributed by atoms with Crippen molar-refractivity contribution in [3.8, 4) is 23.0 Å². The van der Waals surface area contributed by atoms with Crippen molar-refractivity contribution < 1.29 is 64.2 Å². The molecule has 7 N–H and O–H groups in total. The third kappa shape index (κ3) is 5.26. The summed E-state index contributed by atoms with van der Waals surface area (Å²) in [4.78, 5) is 0. The monoisotopic (exact) mass is 478 g/mol. The van der Waals surface area contributed by atoms with Crippen LogP contribution in [0.4, 0.5) is 0 Å². The lowest BCUT2D eigenvalue weighted by Crippen LogP contribution is -2.61. The average molecular weight is 478 g/mol. The van der Waals surface area contributed by atoms with Crippen LogP contribution in [0.15, 0.2) is 12.1 Å². The molecule has 3 rings (SSSR count). The number of hydrogen-bond donors (Lipinski definition) is 7. The van der Waals surface area contributed by atoms with E-state index >= 15 is 0 Å². The van der Waals surface area contributed by atoms with Gasteiger partial charge in [0.25, 0.3) is 0 Å². The molecule has 33 heavy (non-hydrogen) atoms. The normalized spacial score (nSPS) is 39.2. The van der Waals surface area contributed by atoms with Crippen molar-refractivity contribution in [2.45, 2.75) is 68.3 Å². The van der Waals surface area contributed by atoms with Crippen molar-refractivity contribution in [1.29, 1.82) is 0 Å². The molecule has 13 heteroatoms. The van der Waals surface area contributed by atoms with Gasteiger partial charge in [0.2, 0.25) is 12.0 Å². The van der Waals surface area contributed by atoms with Crippen molar-refractivity contribution >= 4 is 0 Å². The average Bonchev–Trinajstić information content (AvgIpc) is 2.79. The van der Waals surface area contributed by atoms with Gasteiger partial charge >= 0.3 is 0 Å². The molecule has 0 aromatic heterocycles. The third-order valence-electron chi connectivity index (χ3n) is 5.59. The smallest absolute Gasteiger partial charge is 0.229 e. The standard InChI is InChI=1S/C20H30O13/c1-7-12(22)14(24)16(26)19(31-7)30-6-11-13(23)15(25)17(27)20(33-11)32-8-4-9(21)18(29-3)10(5-8)28-2/h4-5,7,11-17,19-27H,6H2,1-3H3. The van der Waals surface area contributed by atoms with Crippen LogP contribution >= 0.6 is 0 Å². The molecule has 1 aromatic carbocycles. The van der Waals surface area contributed by atoms with Gasteiger partial charge in [-0.2, -0.15) is 0 Å². The molecule has 0 radical (unpaired) electrons. The number of phenolic OH excluding ortho intramolecular Hbond substituents is 1. The maximum absolute atomic E-state index is 10.3. The molecule has 13 nitrogen and oxygen atoms in total. The van der Waals surface area contributed by atoms with E-state index in [9.17, 15) is 35.7 Å². The van der Waals surface area contributed by atoms with Gasteiger partial charge in [0.1, 0.15) is 48.5 Å². The molecule has 0 aliphatic carbocycles. The zero-order chi connectivity index (χ0) is 24.4. The zero-order valence-corrected chi connectivity index (χ0v) is 18.2. The van der Waals surface area contributed by atoms with Crippen LogP contribution in [0.2, 0.25) is 0 Å². The van der Waals surface area contributed by atoms with Gasteiger partial charge in [-0.05, 0) is 6.92 Å². The number of aromatic hydroxyl groups is 1. The van der Waals surface area contributed by atoms with E-state index in [-0.39, 0.29) is 23.0 Å². The fourth-order valence-electron chi connectivity index (χ4n) is 3.61. The van der Waals surface area contributed by atoms with E-state index in [0.29, 0.717) is 0 Å². The summed E-state index contributed by atoms with van der Waals surface area (Å²) in [5.41, 5.74) is 0. The van der Waals surface area contributed by atoms with Crippen LogP contribution in [-0.2, 0) is 14.2 Å². The van der Waals surface area contributed by atoms with E-state index in [0.717, 1.165) is 0 Å². The van der Waals surface area contributed by atoms with E-state index in [1.54, 1.807) is 0 Å². The first kappa shape index (κ1) is 25.7. The van der Waals surface area contributed by atoms with Crippen LogP contribution in [0.1, 0.15) is 6.92 Å². The maximum Gasteiger partial charge on any atom is 0.229 e. The molecule has 2 aliphatic heterocycles. The Kier molecular flexibility index (Phi) is 8.21. The highest BCUT2D eigenvalue weighted by atomic mass is 16.7. The van der Waals surface area contributed by atoms with Gasteiger partial charge in [-0.15, -0.1) is 0 Å². The van der Waals surface area contributed by atoms with Crippen molar-refractivity contribution in [3.05, 3.63) is 12.1 Å². The lowest BCUT2D eigenvalue weighted by atomic mass is 9.98. The third-order valence-corrected chi connectivity index (χ3v) is 5.59. The van der Waals surface area contributed by atoms with Crippen molar-refractivity contribution in [2.75, 3.05) is 20.8 Å². The predicted molar refractivity (Wildman–Crippen MR) is 107 cm³/mol. The van der Waals surface area contributed by atoms with Crippen molar-refractivity contribution in [3.63, 3.8) is 0 Å². The van der Waals surface area contributed by atoms with E-state index in [1.165, 1.54) is 33.3 Å². The van der Waals surface area contributed by atoms with E-state index < -0.39 is 68.0 Å². The Morgan fingerprint density at radius 2 is 1.42 bits per heavy atom. The molecule has 188 valence electrons. The number of hydrogen-bond acceptors (Lipinski definition) is 13. The zero-order valence-electron chi connectivity index (χ0n) is 18.2.